The normalized spacial score (nSPS) is 11.5. The molecular weight excluding hydrogens is 973 g/mol. The van der Waals surface area contributed by atoms with Crippen molar-refractivity contribution >= 4 is 58.5 Å². The Morgan fingerprint density at radius 3 is 0.987 bits per heavy atom. The first-order chi connectivity index (χ1) is 38.4. The third kappa shape index (κ3) is 21.0. The highest BCUT2D eigenvalue weighted by Crippen LogP contribution is 2.27. The summed E-state index contributed by atoms with van der Waals surface area (Å²) in [5.41, 5.74) is 6.52. The fourth-order valence-corrected chi connectivity index (χ4v) is 8.16. The second-order valence-electron chi connectivity index (χ2n) is 19.1. The first-order valence-electron chi connectivity index (χ1n) is 27.7. The summed E-state index contributed by atoms with van der Waals surface area (Å²) in [6.45, 7) is 5.93. The summed E-state index contributed by atoms with van der Waals surface area (Å²) in [5, 5.41) is 17.3. The van der Waals surface area contributed by atoms with Gasteiger partial charge in [0.1, 0.15) is 23.0 Å². The molecule has 0 amide bonds. The largest absolute Gasteiger partial charge is 0.494 e. The highest BCUT2D eigenvalue weighted by atomic mass is 16.5. The molecule has 7 rings (SSSR count). The van der Waals surface area contributed by atoms with E-state index in [2.05, 4.69) is 44.3 Å². The van der Waals surface area contributed by atoms with Crippen LogP contribution < -0.4 is 18.9 Å². The minimum atomic E-state index is -0.479. The van der Waals surface area contributed by atoms with Gasteiger partial charge in [-0.1, -0.05) is 134 Å². The summed E-state index contributed by atoms with van der Waals surface area (Å²) in [4.78, 5) is 35.2. The molecule has 0 aliphatic heterocycles. The summed E-state index contributed by atoms with van der Waals surface area (Å²) in [6, 6.07) is 50.5. The van der Waals surface area contributed by atoms with Crippen LogP contribution in [0.2, 0.25) is 0 Å². The van der Waals surface area contributed by atoms with Gasteiger partial charge >= 0.3 is 11.9 Å². The molecule has 0 N–H and O–H groups in total. The topological polar surface area (TPSA) is 145 Å². The third-order valence-electron chi connectivity index (χ3n) is 12.7. The molecule has 0 aromatic heterocycles. The highest BCUT2D eigenvalue weighted by Gasteiger charge is 2.11. The molecule has 0 unspecified atom stereocenters. The lowest BCUT2D eigenvalue weighted by Gasteiger charge is -2.06. The van der Waals surface area contributed by atoms with E-state index in [4.69, 9.17) is 18.9 Å². The average molecular weight is 1050 g/mol. The number of rotatable bonds is 32. The Morgan fingerprint density at radius 2 is 0.654 bits per heavy atom. The van der Waals surface area contributed by atoms with Crippen LogP contribution in [-0.4, -0.2) is 37.6 Å². The lowest BCUT2D eigenvalue weighted by Crippen LogP contribution is -2.08. The summed E-state index contributed by atoms with van der Waals surface area (Å²) < 4.78 is 23.0. The van der Waals surface area contributed by atoms with E-state index in [-0.39, 0.29) is 0 Å². The first kappa shape index (κ1) is 57.3. The Hall–Kier alpha value is -8.38. The van der Waals surface area contributed by atoms with Gasteiger partial charge in [0.2, 0.25) is 0 Å². The number of aliphatic imine (C=N–C) groups is 2. The maximum atomic E-state index is 13.0. The quantitative estimate of drug-likeness (QED) is 0.0135. The highest BCUT2D eigenvalue weighted by molar-refractivity contribution is 5.93. The van der Waals surface area contributed by atoms with E-state index in [1.54, 1.807) is 109 Å². The molecule has 0 heterocycles. The molecule has 0 atom stereocenters. The van der Waals surface area contributed by atoms with E-state index in [0.717, 1.165) is 35.5 Å². The number of ether oxygens (including phenoxy) is 4. The summed E-state index contributed by atoms with van der Waals surface area (Å²) in [7, 11) is 0. The van der Waals surface area contributed by atoms with Crippen molar-refractivity contribution in [2.75, 3.05) is 13.2 Å². The molecule has 0 bridgehead atoms. The second-order valence-corrected chi connectivity index (χ2v) is 19.1. The van der Waals surface area contributed by atoms with Crippen molar-refractivity contribution in [1.29, 1.82) is 0 Å². The number of carbonyl (C=O) groups is 2. The maximum Gasteiger partial charge on any atom is 0.343 e. The average Bonchev–Trinajstić information content (AvgIpc) is 3.48. The van der Waals surface area contributed by atoms with Crippen LogP contribution >= 0.6 is 0 Å². The SMILES string of the molecule is CCCCCCCCCCOc1ccc(N=Nc2ccc(OC(=O)c3ccc(C=Nc4cccc(N=Cc5ccc(C(=O)Oc6ccc(N=Nc7ccc(OCCCCCCCCCC)cc7)cc6)cc5)c4)cc3)cc2)cc1. The number of hydrogen-bond acceptors (Lipinski definition) is 12. The van der Waals surface area contributed by atoms with Crippen molar-refractivity contribution in [3.63, 3.8) is 0 Å². The van der Waals surface area contributed by atoms with Crippen LogP contribution in [0.15, 0.2) is 200 Å². The van der Waals surface area contributed by atoms with E-state index >= 15 is 0 Å². The smallest absolute Gasteiger partial charge is 0.343 e. The zero-order chi connectivity index (χ0) is 54.2. The molecule has 0 aliphatic carbocycles. The number of carbonyl (C=O) groups excluding carboxylic acids is 2. The fraction of sp³-hybridized carbons (Fsp3) is 0.303. The minimum Gasteiger partial charge on any atom is -0.494 e. The van der Waals surface area contributed by atoms with E-state index in [1.165, 1.54) is 89.9 Å². The molecule has 0 saturated carbocycles. The van der Waals surface area contributed by atoms with Gasteiger partial charge in [-0.25, -0.2) is 9.59 Å². The Kier molecular flexibility index (Phi) is 24.2. The number of esters is 2. The van der Waals surface area contributed by atoms with E-state index in [9.17, 15) is 9.59 Å². The molecule has 0 saturated heterocycles. The number of hydrogen-bond donors (Lipinski definition) is 0. The summed E-state index contributed by atoms with van der Waals surface area (Å²) in [6.07, 6.45) is 23.7. The molecule has 402 valence electrons. The zero-order valence-corrected chi connectivity index (χ0v) is 45.2. The number of azo groups is 2. The van der Waals surface area contributed by atoms with Crippen molar-refractivity contribution in [3.05, 3.63) is 192 Å². The van der Waals surface area contributed by atoms with Gasteiger partial charge in [-0.2, -0.15) is 20.5 Å². The van der Waals surface area contributed by atoms with Crippen molar-refractivity contribution in [1.82, 2.24) is 0 Å². The van der Waals surface area contributed by atoms with Crippen LogP contribution in [0.25, 0.3) is 0 Å². The van der Waals surface area contributed by atoms with Gasteiger partial charge in [-0.3, -0.25) is 9.98 Å². The van der Waals surface area contributed by atoms with Gasteiger partial charge in [0.05, 0.1) is 58.5 Å². The van der Waals surface area contributed by atoms with Gasteiger partial charge in [-0.15, -0.1) is 0 Å². The second kappa shape index (κ2) is 32.9. The fourth-order valence-electron chi connectivity index (χ4n) is 8.16. The lowest BCUT2D eigenvalue weighted by atomic mass is 10.1. The molecule has 7 aromatic rings. The van der Waals surface area contributed by atoms with Gasteiger partial charge < -0.3 is 18.9 Å². The Bertz CT molecular complexity index is 2790. The molecule has 12 heteroatoms. The lowest BCUT2D eigenvalue weighted by molar-refractivity contribution is 0.0725. The minimum absolute atomic E-state index is 0.397. The van der Waals surface area contributed by atoms with Gasteiger partial charge in [0, 0.05) is 12.4 Å². The van der Waals surface area contributed by atoms with E-state index in [1.807, 2.05) is 72.8 Å². The predicted molar refractivity (Wildman–Crippen MR) is 314 cm³/mol. The van der Waals surface area contributed by atoms with Crippen LogP contribution in [0, 0.1) is 0 Å². The molecule has 0 radical (unpaired) electrons. The molecule has 0 aliphatic rings. The van der Waals surface area contributed by atoms with Crippen molar-refractivity contribution in [2.24, 2.45) is 30.4 Å². The molecule has 7 aromatic carbocycles. The Balaban J connectivity index is 0.790. The molecule has 0 fully saturated rings. The van der Waals surface area contributed by atoms with Crippen molar-refractivity contribution < 1.29 is 28.5 Å². The Labute approximate surface area is 460 Å². The third-order valence-corrected chi connectivity index (χ3v) is 12.7. The van der Waals surface area contributed by atoms with Crippen molar-refractivity contribution in [2.45, 2.75) is 117 Å². The molecule has 78 heavy (non-hydrogen) atoms. The molecular formula is C66H72N6O6. The zero-order valence-electron chi connectivity index (χ0n) is 45.2. The van der Waals surface area contributed by atoms with Gasteiger partial charge in [-0.05, 0) is 163 Å². The maximum absolute atomic E-state index is 13.0. The summed E-state index contributed by atoms with van der Waals surface area (Å²) in [5.74, 6) is 1.49. The predicted octanol–water partition coefficient (Wildman–Crippen LogP) is 19.5. The summed E-state index contributed by atoms with van der Waals surface area (Å²) >= 11 is 0. The monoisotopic (exact) mass is 1040 g/mol. The number of unbranched alkanes of at least 4 members (excludes halogenated alkanes) is 14. The van der Waals surface area contributed by atoms with Gasteiger partial charge in [0.15, 0.2) is 0 Å². The molecule has 0 spiro atoms. The Morgan fingerprint density at radius 1 is 0.346 bits per heavy atom. The van der Waals surface area contributed by atoms with Crippen molar-refractivity contribution in [3.8, 4) is 23.0 Å². The molecule has 12 nitrogen and oxygen atoms in total. The van der Waals surface area contributed by atoms with Crippen LogP contribution in [0.5, 0.6) is 23.0 Å². The van der Waals surface area contributed by atoms with Crippen LogP contribution in [0.4, 0.5) is 34.1 Å². The van der Waals surface area contributed by atoms with Crippen LogP contribution in [-0.2, 0) is 0 Å². The van der Waals surface area contributed by atoms with Gasteiger partial charge in [0.25, 0.3) is 0 Å². The van der Waals surface area contributed by atoms with Crippen LogP contribution in [0.3, 0.4) is 0 Å². The standard InChI is InChI=1S/C66H72N6O6/c1-3-5-7-9-11-13-15-17-46-75-61-38-30-55(31-39-61)69-71-57-34-42-63(43-35-57)77-65(73)53-26-22-51(23-27-53)49-67-59-20-19-21-60(48-59)68-50-52-24-28-54(29-25-52)66(74)78-64-44-36-58(37-45-64)72-70-56-32-40-62(41-33-56)76-47-18-16-14-12-10-8-6-4-2/h19-45,48-50H,3-18,46-47H2,1-2H3. The van der Waals surface area contributed by atoms with Crippen LogP contribution in [0.1, 0.15) is 148 Å². The first-order valence-corrected chi connectivity index (χ1v) is 27.7. The number of nitrogens with zero attached hydrogens (tertiary/aromatic N) is 6. The number of benzene rings is 7. The van der Waals surface area contributed by atoms with E-state index < -0.39 is 11.9 Å². The van der Waals surface area contributed by atoms with E-state index in [0.29, 0.717) is 70.0 Å².